The number of hydrogen-bond acceptors (Lipinski definition) is 6. The van der Waals surface area contributed by atoms with Crippen LogP contribution in [0.2, 0.25) is 0 Å². The van der Waals surface area contributed by atoms with Crippen LogP contribution in [0.25, 0.3) is 10.2 Å². The van der Waals surface area contributed by atoms with Crippen LogP contribution in [0.4, 0.5) is 5.13 Å². The van der Waals surface area contributed by atoms with Gasteiger partial charge in [-0.3, -0.25) is 4.79 Å². The zero-order valence-corrected chi connectivity index (χ0v) is 12.8. The summed E-state index contributed by atoms with van der Waals surface area (Å²) < 4.78 is 0.824. The second-order valence-corrected chi connectivity index (χ2v) is 7.14. The van der Waals surface area contributed by atoms with Gasteiger partial charge in [-0.05, 0) is 25.1 Å². The van der Waals surface area contributed by atoms with E-state index in [-0.39, 0.29) is 11.3 Å². The summed E-state index contributed by atoms with van der Waals surface area (Å²) in [6.45, 7) is 1.84. The number of carbonyl (C=O) groups is 2. The third-order valence-corrected chi connectivity index (χ3v) is 5.46. The summed E-state index contributed by atoms with van der Waals surface area (Å²) in [5.41, 5.74) is 6.86. The summed E-state index contributed by atoms with van der Waals surface area (Å²) in [6, 6.07) is 4.34. The Kier molecular flexibility index (Phi) is 3.50. The average molecular weight is 323 g/mol. The fourth-order valence-corrected chi connectivity index (χ4v) is 4.31. The maximum absolute atomic E-state index is 12.6. The number of aromatic nitrogens is 1. The van der Waals surface area contributed by atoms with Crippen molar-refractivity contribution in [3.05, 3.63) is 23.8 Å². The number of carboxylic acid groups (broad SMARTS) is 1. The van der Waals surface area contributed by atoms with Crippen LogP contribution in [0.3, 0.4) is 0 Å². The van der Waals surface area contributed by atoms with Crippen molar-refractivity contribution in [2.24, 2.45) is 0 Å². The van der Waals surface area contributed by atoms with Crippen LogP contribution < -0.4 is 5.73 Å². The number of anilines is 1. The molecule has 0 aliphatic carbocycles. The fraction of sp³-hybridized carbons (Fsp3) is 0.308. The number of nitrogen functional groups attached to an aromatic ring is 1. The largest absolute Gasteiger partial charge is 0.480 e. The van der Waals surface area contributed by atoms with Gasteiger partial charge < -0.3 is 15.7 Å². The molecular formula is C13H13N3O3S2. The molecule has 1 amide bonds. The lowest BCUT2D eigenvalue weighted by atomic mass is 10.1. The number of rotatable bonds is 2. The Bertz CT molecular complexity index is 731. The molecule has 8 heteroatoms. The number of nitrogens with zero attached hydrogens (tertiary/aromatic N) is 2. The van der Waals surface area contributed by atoms with Gasteiger partial charge in [-0.2, -0.15) is 0 Å². The highest BCUT2D eigenvalue weighted by Gasteiger charge is 2.39. The van der Waals surface area contributed by atoms with Crippen molar-refractivity contribution in [3.63, 3.8) is 0 Å². The van der Waals surface area contributed by atoms with Gasteiger partial charge in [0.15, 0.2) is 5.13 Å². The van der Waals surface area contributed by atoms with Crippen LogP contribution in [0, 0.1) is 0 Å². The Hall–Kier alpha value is -1.80. The van der Waals surface area contributed by atoms with Crippen molar-refractivity contribution in [2.45, 2.75) is 18.3 Å². The van der Waals surface area contributed by atoms with E-state index in [2.05, 4.69) is 4.98 Å². The van der Waals surface area contributed by atoms with E-state index in [1.54, 1.807) is 18.2 Å². The molecule has 110 valence electrons. The van der Waals surface area contributed by atoms with Crippen molar-refractivity contribution in [2.75, 3.05) is 11.5 Å². The standard InChI is InChI=1S/C13H13N3O3S2/c1-6-16(9(5-20-6)12(18)19)11(17)7-2-3-8-10(4-7)21-13(14)15-8/h2-4,6,9H,5H2,1H3,(H2,14,15)(H,18,19). The molecule has 6 nitrogen and oxygen atoms in total. The van der Waals surface area contributed by atoms with E-state index in [1.165, 1.54) is 28.0 Å². The van der Waals surface area contributed by atoms with Gasteiger partial charge in [-0.15, -0.1) is 11.8 Å². The quantitative estimate of drug-likeness (QED) is 0.876. The Labute approximate surface area is 128 Å². The van der Waals surface area contributed by atoms with Crippen molar-refractivity contribution < 1.29 is 14.7 Å². The molecule has 0 saturated carbocycles. The fourth-order valence-electron chi connectivity index (χ4n) is 2.37. The number of carbonyl (C=O) groups excluding carboxylic acids is 1. The van der Waals surface area contributed by atoms with E-state index in [0.29, 0.717) is 16.4 Å². The Morgan fingerprint density at radius 1 is 1.48 bits per heavy atom. The number of carboxylic acids is 1. The van der Waals surface area contributed by atoms with Crippen LogP contribution in [-0.4, -0.2) is 44.0 Å². The lowest BCUT2D eigenvalue weighted by Gasteiger charge is -2.25. The van der Waals surface area contributed by atoms with Crippen LogP contribution in [0.5, 0.6) is 0 Å². The summed E-state index contributed by atoms with van der Waals surface area (Å²) in [4.78, 5) is 29.5. The van der Waals surface area contributed by atoms with Gasteiger partial charge in [0, 0.05) is 11.3 Å². The van der Waals surface area contributed by atoms with E-state index >= 15 is 0 Å². The minimum atomic E-state index is -0.969. The average Bonchev–Trinajstić information content (AvgIpc) is 2.98. The molecule has 1 aromatic carbocycles. The second kappa shape index (κ2) is 5.19. The number of aliphatic carboxylic acids is 1. The topological polar surface area (TPSA) is 96.5 Å². The van der Waals surface area contributed by atoms with Crippen molar-refractivity contribution in [3.8, 4) is 0 Å². The summed E-state index contributed by atoms with van der Waals surface area (Å²) in [5, 5.41) is 9.54. The first-order chi connectivity index (χ1) is 9.97. The first-order valence-corrected chi connectivity index (χ1v) is 8.17. The summed E-state index contributed by atoms with van der Waals surface area (Å²) in [5.74, 6) is -0.824. The molecule has 3 N–H and O–H groups in total. The van der Waals surface area contributed by atoms with Crippen molar-refractivity contribution >= 4 is 50.3 Å². The molecule has 1 aromatic heterocycles. The highest BCUT2D eigenvalue weighted by molar-refractivity contribution is 8.00. The van der Waals surface area contributed by atoms with Gasteiger partial charge in [0.05, 0.1) is 15.6 Å². The van der Waals surface area contributed by atoms with Gasteiger partial charge in [-0.25, -0.2) is 9.78 Å². The van der Waals surface area contributed by atoms with Crippen molar-refractivity contribution in [1.29, 1.82) is 0 Å². The number of benzene rings is 1. The summed E-state index contributed by atoms with van der Waals surface area (Å²) in [7, 11) is 0. The van der Waals surface area contributed by atoms with Gasteiger partial charge in [-0.1, -0.05) is 11.3 Å². The molecule has 0 spiro atoms. The molecule has 1 aliphatic heterocycles. The van der Waals surface area contributed by atoms with Gasteiger partial charge >= 0.3 is 5.97 Å². The number of thiazole rings is 1. The molecule has 2 unspecified atom stereocenters. The zero-order chi connectivity index (χ0) is 15.1. The lowest BCUT2D eigenvalue weighted by Crippen LogP contribution is -2.44. The minimum absolute atomic E-state index is 0.152. The number of nitrogens with two attached hydrogens (primary N) is 1. The van der Waals surface area contributed by atoms with Gasteiger partial charge in [0.1, 0.15) is 6.04 Å². The molecule has 2 aromatic rings. The Morgan fingerprint density at radius 2 is 2.24 bits per heavy atom. The monoisotopic (exact) mass is 323 g/mol. The van der Waals surface area contributed by atoms with Gasteiger partial charge in [0.25, 0.3) is 5.91 Å². The third kappa shape index (κ3) is 2.44. The molecule has 21 heavy (non-hydrogen) atoms. The molecule has 1 fully saturated rings. The minimum Gasteiger partial charge on any atom is -0.480 e. The van der Waals surface area contributed by atoms with E-state index in [4.69, 9.17) is 5.73 Å². The van der Waals surface area contributed by atoms with Crippen LogP contribution in [0.1, 0.15) is 17.3 Å². The van der Waals surface area contributed by atoms with E-state index < -0.39 is 12.0 Å². The molecule has 1 aliphatic rings. The summed E-state index contributed by atoms with van der Waals surface area (Å²) in [6.07, 6.45) is 0. The van der Waals surface area contributed by atoms with Crippen LogP contribution in [-0.2, 0) is 4.79 Å². The van der Waals surface area contributed by atoms with E-state index in [0.717, 1.165) is 10.2 Å². The van der Waals surface area contributed by atoms with E-state index in [1.807, 2.05) is 6.92 Å². The number of amides is 1. The van der Waals surface area contributed by atoms with Gasteiger partial charge in [0.2, 0.25) is 0 Å². The second-order valence-electron chi connectivity index (χ2n) is 4.73. The highest BCUT2D eigenvalue weighted by atomic mass is 32.2. The number of thioether (sulfide) groups is 1. The maximum atomic E-state index is 12.6. The molecule has 0 bridgehead atoms. The highest BCUT2D eigenvalue weighted by Crippen LogP contribution is 2.31. The maximum Gasteiger partial charge on any atom is 0.327 e. The number of hydrogen-bond donors (Lipinski definition) is 2. The Balaban J connectivity index is 1.96. The Morgan fingerprint density at radius 3 is 2.95 bits per heavy atom. The summed E-state index contributed by atoms with van der Waals surface area (Å²) >= 11 is 2.78. The first kappa shape index (κ1) is 14.2. The SMILES string of the molecule is CC1SCC(C(=O)O)N1C(=O)c1ccc2nc(N)sc2c1. The van der Waals surface area contributed by atoms with Crippen LogP contribution >= 0.6 is 23.1 Å². The predicted molar refractivity (Wildman–Crippen MR) is 83.5 cm³/mol. The lowest BCUT2D eigenvalue weighted by molar-refractivity contribution is -0.141. The first-order valence-electron chi connectivity index (χ1n) is 6.30. The van der Waals surface area contributed by atoms with Crippen LogP contribution in [0.15, 0.2) is 18.2 Å². The normalized spacial score (nSPS) is 21.9. The smallest absolute Gasteiger partial charge is 0.327 e. The third-order valence-electron chi connectivity index (χ3n) is 3.39. The molecule has 2 heterocycles. The molecule has 1 saturated heterocycles. The molecule has 0 radical (unpaired) electrons. The molecular weight excluding hydrogens is 310 g/mol. The zero-order valence-electron chi connectivity index (χ0n) is 11.1. The van der Waals surface area contributed by atoms with E-state index in [9.17, 15) is 14.7 Å². The molecule has 3 rings (SSSR count). The predicted octanol–water partition coefficient (Wildman–Crippen LogP) is 1.87. The van der Waals surface area contributed by atoms with Crippen molar-refractivity contribution in [1.82, 2.24) is 9.88 Å². The number of fused-ring (bicyclic) bond motifs is 1. The molecule has 2 atom stereocenters.